The minimum Gasteiger partial charge on any atom is -0.338 e. The lowest BCUT2D eigenvalue weighted by Gasteiger charge is -2.16. The van der Waals surface area contributed by atoms with Gasteiger partial charge in [-0.1, -0.05) is 19.0 Å². The highest BCUT2D eigenvalue weighted by Gasteiger charge is 2.21. The van der Waals surface area contributed by atoms with Crippen LogP contribution in [0.15, 0.2) is 4.52 Å². The molecule has 0 aliphatic carbocycles. The molecule has 0 aromatic carbocycles. The first-order chi connectivity index (χ1) is 7.47. The van der Waals surface area contributed by atoms with E-state index in [1.54, 1.807) is 0 Å². The molecule has 0 unspecified atom stereocenters. The van der Waals surface area contributed by atoms with Gasteiger partial charge in [0.1, 0.15) is 0 Å². The van der Waals surface area contributed by atoms with Gasteiger partial charge in [0.05, 0.1) is 12.1 Å². The zero-order chi connectivity index (χ0) is 12.2. The molecule has 2 N–H and O–H groups in total. The molecule has 16 heavy (non-hydrogen) atoms. The van der Waals surface area contributed by atoms with Gasteiger partial charge in [0.2, 0.25) is 5.89 Å². The van der Waals surface area contributed by atoms with Crippen molar-refractivity contribution in [2.45, 2.75) is 46.2 Å². The van der Waals surface area contributed by atoms with E-state index in [1.165, 1.54) is 0 Å². The fourth-order valence-electron chi connectivity index (χ4n) is 1.44. The number of hydrogen-bond acceptors (Lipinski definition) is 5. The first kappa shape index (κ1) is 13.1. The molecule has 5 heteroatoms. The summed E-state index contributed by atoms with van der Waals surface area (Å²) in [5.41, 5.74) is 5.36. The Balaban J connectivity index is 2.64. The normalized spacial score (nSPS) is 12.4. The van der Waals surface area contributed by atoms with Crippen molar-refractivity contribution in [1.29, 1.82) is 0 Å². The molecule has 0 aliphatic heterocycles. The first-order valence-corrected chi connectivity index (χ1v) is 5.81. The van der Waals surface area contributed by atoms with Gasteiger partial charge >= 0.3 is 0 Å². The zero-order valence-electron chi connectivity index (χ0n) is 10.7. The van der Waals surface area contributed by atoms with E-state index in [-0.39, 0.29) is 0 Å². The Kier molecular flexibility index (Phi) is 4.44. The molecule has 0 aliphatic rings. The predicted molar refractivity (Wildman–Crippen MR) is 62.8 cm³/mol. The Morgan fingerprint density at radius 2 is 2.06 bits per heavy atom. The summed E-state index contributed by atoms with van der Waals surface area (Å²) in [6.07, 6.45) is 1.12. The van der Waals surface area contributed by atoms with Crippen LogP contribution in [0, 0.1) is 0 Å². The lowest BCUT2D eigenvalue weighted by molar-refractivity contribution is 0.236. The summed E-state index contributed by atoms with van der Waals surface area (Å²) < 4.78 is 5.19. The van der Waals surface area contributed by atoms with Gasteiger partial charge in [-0.3, -0.25) is 4.90 Å². The highest BCUT2D eigenvalue weighted by molar-refractivity contribution is 4.98. The van der Waals surface area contributed by atoms with Crippen LogP contribution >= 0.6 is 0 Å². The van der Waals surface area contributed by atoms with Crippen LogP contribution in [0.1, 0.15) is 45.8 Å². The largest absolute Gasteiger partial charge is 0.338 e. The maximum atomic E-state index is 5.89. The Hall–Kier alpha value is -0.940. The van der Waals surface area contributed by atoms with Crippen LogP contribution in [0.3, 0.4) is 0 Å². The van der Waals surface area contributed by atoms with E-state index in [9.17, 15) is 0 Å². The van der Waals surface area contributed by atoms with Gasteiger partial charge in [-0.05, 0) is 33.4 Å². The average molecular weight is 226 g/mol. The summed E-state index contributed by atoms with van der Waals surface area (Å²) in [6, 6.07) is 0. The highest BCUT2D eigenvalue weighted by Crippen LogP contribution is 2.13. The summed E-state index contributed by atoms with van der Waals surface area (Å²) in [5.74, 6) is 1.21. The molecule has 1 aromatic rings. The van der Waals surface area contributed by atoms with Gasteiger partial charge < -0.3 is 10.3 Å². The van der Waals surface area contributed by atoms with E-state index in [0.717, 1.165) is 19.5 Å². The van der Waals surface area contributed by atoms with Crippen molar-refractivity contribution in [1.82, 2.24) is 15.0 Å². The molecule has 0 saturated heterocycles. The zero-order valence-corrected chi connectivity index (χ0v) is 10.7. The van der Waals surface area contributed by atoms with Gasteiger partial charge in [0, 0.05) is 0 Å². The maximum Gasteiger partial charge on any atom is 0.240 e. The third kappa shape index (κ3) is 3.57. The number of hydrogen-bond donors (Lipinski definition) is 1. The molecule has 0 spiro atoms. The van der Waals surface area contributed by atoms with Crippen molar-refractivity contribution in [2.75, 3.05) is 13.1 Å². The van der Waals surface area contributed by atoms with Crippen LogP contribution in [0.5, 0.6) is 0 Å². The number of nitrogens with zero attached hydrogens (tertiary/aromatic N) is 3. The smallest absolute Gasteiger partial charge is 0.240 e. The standard InChI is InChI=1S/C11H22N4O/c1-5-7-15(6-2)8-9-13-10(14-16-9)11(3,4)12/h5-8,12H2,1-4H3. The van der Waals surface area contributed by atoms with E-state index >= 15 is 0 Å². The molecule has 0 amide bonds. The molecule has 1 heterocycles. The summed E-state index contributed by atoms with van der Waals surface area (Å²) in [6.45, 7) is 10.7. The van der Waals surface area contributed by atoms with Gasteiger partial charge in [-0.2, -0.15) is 4.98 Å². The lowest BCUT2D eigenvalue weighted by Crippen LogP contribution is -2.30. The minimum absolute atomic E-state index is 0.538. The molecule has 5 nitrogen and oxygen atoms in total. The monoisotopic (exact) mass is 226 g/mol. The van der Waals surface area contributed by atoms with E-state index < -0.39 is 5.54 Å². The summed E-state index contributed by atoms with van der Waals surface area (Å²) in [4.78, 5) is 6.57. The minimum atomic E-state index is -0.538. The van der Waals surface area contributed by atoms with Crippen LogP contribution < -0.4 is 5.73 Å². The van der Waals surface area contributed by atoms with E-state index in [2.05, 4.69) is 28.9 Å². The van der Waals surface area contributed by atoms with Crippen molar-refractivity contribution < 1.29 is 4.52 Å². The van der Waals surface area contributed by atoms with E-state index in [1.807, 2.05) is 13.8 Å². The number of aromatic nitrogens is 2. The maximum absolute atomic E-state index is 5.89. The van der Waals surface area contributed by atoms with Crippen molar-refractivity contribution >= 4 is 0 Å². The molecule has 1 rings (SSSR count). The molecular formula is C11H22N4O. The molecule has 0 bridgehead atoms. The van der Waals surface area contributed by atoms with Crippen LogP contribution in [-0.2, 0) is 12.1 Å². The summed E-state index contributed by atoms with van der Waals surface area (Å²) in [5, 5.41) is 3.90. The van der Waals surface area contributed by atoms with Crippen LogP contribution in [0.25, 0.3) is 0 Å². The number of nitrogens with two attached hydrogens (primary N) is 1. The van der Waals surface area contributed by atoms with Gasteiger partial charge in [0.25, 0.3) is 0 Å². The van der Waals surface area contributed by atoms with Gasteiger partial charge in [-0.15, -0.1) is 0 Å². The van der Waals surface area contributed by atoms with Crippen LogP contribution in [-0.4, -0.2) is 28.1 Å². The molecule has 92 valence electrons. The van der Waals surface area contributed by atoms with Crippen molar-refractivity contribution in [3.63, 3.8) is 0 Å². The topological polar surface area (TPSA) is 68.2 Å². The van der Waals surface area contributed by atoms with Gasteiger partial charge in [0.15, 0.2) is 5.82 Å². The summed E-state index contributed by atoms with van der Waals surface area (Å²) in [7, 11) is 0. The van der Waals surface area contributed by atoms with Crippen molar-refractivity contribution in [3.8, 4) is 0 Å². The Morgan fingerprint density at radius 3 is 2.50 bits per heavy atom. The molecular weight excluding hydrogens is 204 g/mol. The average Bonchev–Trinajstić information content (AvgIpc) is 2.65. The number of rotatable bonds is 6. The second-order valence-electron chi connectivity index (χ2n) is 4.60. The van der Waals surface area contributed by atoms with E-state index in [0.29, 0.717) is 18.3 Å². The predicted octanol–water partition coefficient (Wildman–Crippen LogP) is 1.50. The SMILES string of the molecule is CCCN(CC)Cc1nc(C(C)(C)N)no1. The van der Waals surface area contributed by atoms with Crippen LogP contribution in [0.2, 0.25) is 0 Å². The molecule has 0 radical (unpaired) electrons. The fraction of sp³-hybridized carbons (Fsp3) is 0.818. The van der Waals surface area contributed by atoms with Crippen molar-refractivity contribution in [3.05, 3.63) is 11.7 Å². The third-order valence-electron chi connectivity index (χ3n) is 2.39. The van der Waals surface area contributed by atoms with Crippen LogP contribution in [0.4, 0.5) is 0 Å². The third-order valence-corrected chi connectivity index (χ3v) is 2.39. The second-order valence-corrected chi connectivity index (χ2v) is 4.60. The molecule has 1 aromatic heterocycles. The second kappa shape index (κ2) is 5.41. The summed E-state index contributed by atoms with van der Waals surface area (Å²) >= 11 is 0. The first-order valence-electron chi connectivity index (χ1n) is 5.81. The molecule has 0 saturated carbocycles. The Labute approximate surface area is 97.0 Å². The quantitative estimate of drug-likeness (QED) is 0.796. The molecule has 0 atom stereocenters. The molecule has 0 fully saturated rings. The van der Waals surface area contributed by atoms with Gasteiger partial charge in [-0.25, -0.2) is 0 Å². The lowest BCUT2D eigenvalue weighted by atomic mass is 10.1. The fourth-order valence-corrected chi connectivity index (χ4v) is 1.44. The highest BCUT2D eigenvalue weighted by atomic mass is 16.5. The van der Waals surface area contributed by atoms with Crippen molar-refractivity contribution in [2.24, 2.45) is 5.73 Å². The Bertz CT molecular complexity index is 316. The van der Waals surface area contributed by atoms with E-state index in [4.69, 9.17) is 10.3 Å². The Morgan fingerprint density at radius 1 is 1.38 bits per heavy atom.